The number of hydrogen-bond donors (Lipinski definition) is 1. The number of thioether (sulfide) groups is 1. The molecule has 0 unspecified atom stereocenters. The maximum Gasteiger partial charge on any atom is 0.254 e. The second kappa shape index (κ2) is 8.67. The third-order valence-electron chi connectivity index (χ3n) is 3.30. The number of nitrogens with zero attached hydrogens (tertiary/aromatic N) is 2. The van der Waals surface area contributed by atoms with Crippen LogP contribution in [-0.2, 0) is 11.2 Å². The van der Waals surface area contributed by atoms with E-state index in [1.54, 1.807) is 11.8 Å². The Morgan fingerprint density at radius 3 is 2.70 bits per heavy atom. The molecule has 7 heteroatoms. The first-order valence-electron chi connectivity index (χ1n) is 6.73. The normalized spacial score (nSPS) is 15.9. The lowest BCUT2D eigenvalue weighted by atomic mass is 10.2. The van der Waals surface area contributed by atoms with Crippen LogP contribution >= 0.6 is 11.8 Å². The van der Waals surface area contributed by atoms with Crippen LogP contribution in [-0.4, -0.2) is 53.5 Å². The lowest BCUT2D eigenvalue weighted by Crippen LogP contribution is -3.00. The number of aromatic nitrogens is 2. The summed E-state index contributed by atoms with van der Waals surface area (Å²) in [6.07, 6.45) is 0.729. The van der Waals surface area contributed by atoms with E-state index in [1.807, 2.05) is 13.8 Å². The molecule has 1 fully saturated rings. The molecule has 0 amide bonds. The van der Waals surface area contributed by atoms with Crippen LogP contribution in [0.3, 0.4) is 0 Å². The predicted octanol–water partition coefficient (Wildman–Crippen LogP) is -1.93. The van der Waals surface area contributed by atoms with Crippen LogP contribution in [0.25, 0.3) is 0 Å². The quantitative estimate of drug-likeness (QED) is 0.506. The van der Waals surface area contributed by atoms with E-state index in [0.29, 0.717) is 0 Å². The molecule has 1 saturated heterocycles. The van der Waals surface area contributed by atoms with E-state index in [4.69, 9.17) is 4.74 Å². The minimum absolute atomic E-state index is 0. The molecule has 1 aromatic heterocycles. The van der Waals surface area contributed by atoms with Gasteiger partial charge in [-0.15, -0.1) is 0 Å². The van der Waals surface area contributed by atoms with Crippen LogP contribution in [0.2, 0.25) is 0 Å². The Balaban J connectivity index is 0.00000200. The molecule has 0 radical (unpaired) electrons. The fraction of sp³-hybridized carbons (Fsp3) is 0.692. The molecule has 2 rings (SSSR count). The molecule has 0 bridgehead atoms. The van der Waals surface area contributed by atoms with Gasteiger partial charge in [-0.2, -0.15) is 0 Å². The average Bonchev–Trinajstić information content (AvgIpc) is 2.40. The molecular weight excluding hydrogens is 298 g/mol. The van der Waals surface area contributed by atoms with Gasteiger partial charge in [0.25, 0.3) is 5.56 Å². The van der Waals surface area contributed by atoms with Gasteiger partial charge in [-0.1, -0.05) is 18.7 Å². The molecule has 2 heterocycles. The summed E-state index contributed by atoms with van der Waals surface area (Å²) in [6, 6.07) is 0. The summed E-state index contributed by atoms with van der Waals surface area (Å²) in [5.41, 5.74) is 1.64. The van der Waals surface area contributed by atoms with E-state index in [0.717, 1.165) is 61.4 Å². The van der Waals surface area contributed by atoms with Crippen molar-refractivity contribution in [3.8, 4) is 0 Å². The van der Waals surface area contributed by atoms with E-state index >= 15 is 0 Å². The van der Waals surface area contributed by atoms with Crippen LogP contribution in [0.15, 0.2) is 9.95 Å². The number of nitrogens with one attached hydrogen (secondary N) is 1. The van der Waals surface area contributed by atoms with Gasteiger partial charge >= 0.3 is 0 Å². The first-order chi connectivity index (χ1) is 9.20. The number of ether oxygens (including phenoxy) is 1. The fourth-order valence-electron chi connectivity index (χ4n) is 2.17. The van der Waals surface area contributed by atoms with Crippen molar-refractivity contribution in [2.45, 2.75) is 25.4 Å². The van der Waals surface area contributed by atoms with E-state index in [1.165, 1.54) is 0 Å². The summed E-state index contributed by atoms with van der Waals surface area (Å²) in [5.74, 6) is 0.938. The van der Waals surface area contributed by atoms with Crippen LogP contribution in [0.1, 0.15) is 18.2 Å². The molecule has 5 nitrogen and oxygen atoms in total. The van der Waals surface area contributed by atoms with Gasteiger partial charge in [0.05, 0.1) is 13.2 Å². The van der Waals surface area contributed by atoms with Crippen LogP contribution in [0.5, 0.6) is 0 Å². The first kappa shape index (κ1) is 17.5. The molecule has 0 spiro atoms. The highest BCUT2D eigenvalue weighted by molar-refractivity contribution is 7.99. The monoisotopic (exact) mass is 318 g/mol. The molecule has 1 N–H and O–H groups in total. The summed E-state index contributed by atoms with van der Waals surface area (Å²) < 4.78 is 5.31. The van der Waals surface area contributed by atoms with Crippen molar-refractivity contribution in [3.63, 3.8) is 0 Å². The van der Waals surface area contributed by atoms with Gasteiger partial charge in [0, 0.05) is 36.6 Å². The van der Waals surface area contributed by atoms with E-state index in [-0.39, 0.29) is 18.0 Å². The summed E-state index contributed by atoms with van der Waals surface area (Å²) in [5, 5.41) is 0.730. The van der Waals surface area contributed by atoms with Gasteiger partial charge in [-0.25, -0.2) is 4.98 Å². The zero-order valence-electron chi connectivity index (χ0n) is 11.9. The minimum atomic E-state index is 0. The molecule has 20 heavy (non-hydrogen) atoms. The molecule has 1 aliphatic heterocycles. The molecular formula is C13H21ClN3O2S-. The number of morpholine rings is 1. The topological polar surface area (TPSA) is 58.2 Å². The SMILES string of the molecule is CCc1c(C)nc(SCCN2CCOCC2)[nH]c1=O.[Cl-]. The summed E-state index contributed by atoms with van der Waals surface area (Å²) in [6.45, 7) is 8.53. The Morgan fingerprint density at radius 2 is 2.10 bits per heavy atom. The van der Waals surface area contributed by atoms with Crippen molar-refractivity contribution in [3.05, 3.63) is 21.6 Å². The molecule has 1 aliphatic rings. The van der Waals surface area contributed by atoms with Crippen molar-refractivity contribution >= 4 is 11.8 Å². The number of aromatic amines is 1. The Morgan fingerprint density at radius 1 is 1.40 bits per heavy atom. The largest absolute Gasteiger partial charge is 1.00 e. The van der Waals surface area contributed by atoms with Crippen molar-refractivity contribution in [1.82, 2.24) is 14.9 Å². The van der Waals surface area contributed by atoms with Gasteiger partial charge in [0.1, 0.15) is 0 Å². The lowest BCUT2D eigenvalue weighted by Gasteiger charge is -2.26. The maximum absolute atomic E-state index is 11.8. The lowest BCUT2D eigenvalue weighted by molar-refractivity contribution is -0.00000562. The Kier molecular flexibility index (Phi) is 7.58. The van der Waals surface area contributed by atoms with E-state index in [9.17, 15) is 4.79 Å². The number of halogens is 1. The highest BCUT2D eigenvalue weighted by Crippen LogP contribution is 2.13. The summed E-state index contributed by atoms with van der Waals surface area (Å²) >= 11 is 1.61. The molecule has 0 saturated carbocycles. The van der Waals surface area contributed by atoms with E-state index < -0.39 is 0 Å². The zero-order valence-corrected chi connectivity index (χ0v) is 13.5. The third kappa shape index (κ3) is 4.77. The van der Waals surface area contributed by atoms with Crippen LogP contribution < -0.4 is 18.0 Å². The Bertz CT molecular complexity index is 475. The molecule has 114 valence electrons. The van der Waals surface area contributed by atoms with E-state index in [2.05, 4.69) is 14.9 Å². The highest BCUT2D eigenvalue weighted by Gasteiger charge is 2.11. The maximum atomic E-state index is 11.8. The second-order valence-corrected chi connectivity index (χ2v) is 5.67. The average molecular weight is 319 g/mol. The number of hydrogen-bond acceptors (Lipinski definition) is 5. The van der Waals surface area contributed by atoms with Gasteiger partial charge in [-0.3, -0.25) is 9.69 Å². The summed E-state index contributed by atoms with van der Waals surface area (Å²) in [7, 11) is 0. The van der Waals surface area contributed by atoms with Crippen molar-refractivity contribution in [2.75, 3.05) is 38.6 Å². The summed E-state index contributed by atoms with van der Waals surface area (Å²) in [4.78, 5) is 21.5. The second-order valence-electron chi connectivity index (χ2n) is 4.59. The number of aryl methyl sites for hydroxylation is 1. The zero-order chi connectivity index (χ0) is 13.7. The standard InChI is InChI=1S/C13H21N3O2S.ClH/c1-3-11-10(2)14-13(15-12(11)17)19-9-6-16-4-7-18-8-5-16;/h3-9H2,1-2H3,(H,14,15,17);1H/p-1. The van der Waals surface area contributed by atoms with Crippen molar-refractivity contribution in [2.24, 2.45) is 0 Å². The molecule has 0 aromatic carbocycles. The Labute approximate surface area is 129 Å². The van der Waals surface area contributed by atoms with Crippen molar-refractivity contribution in [1.29, 1.82) is 0 Å². The van der Waals surface area contributed by atoms with Crippen LogP contribution in [0, 0.1) is 6.92 Å². The van der Waals surface area contributed by atoms with Gasteiger partial charge in [0.15, 0.2) is 5.16 Å². The third-order valence-corrected chi connectivity index (χ3v) is 4.16. The molecule has 0 atom stereocenters. The van der Waals surface area contributed by atoms with Gasteiger partial charge in [-0.05, 0) is 13.3 Å². The highest BCUT2D eigenvalue weighted by atomic mass is 35.5. The molecule has 0 aliphatic carbocycles. The Hall–Kier alpha value is -0.560. The van der Waals surface area contributed by atoms with Gasteiger partial charge < -0.3 is 22.1 Å². The number of H-pyrrole nitrogens is 1. The predicted molar refractivity (Wildman–Crippen MR) is 77.0 cm³/mol. The molecule has 1 aromatic rings. The fourth-order valence-corrected chi connectivity index (χ4v) is 3.07. The van der Waals surface area contributed by atoms with Gasteiger partial charge in [0.2, 0.25) is 0 Å². The smallest absolute Gasteiger partial charge is 0.254 e. The number of rotatable bonds is 5. The van der Waals surface area contributed by atoms with Crippen molar-refractivity contribution < 1.29 is 17.1 Å². The van der Waals surface area contributed by atoms with Crippen LogP contribution in [0.4, 0.5) is 0 Å². The minimum Gasteiger partial charge on any atom is -1.00 e. The first-order valence-corrected chi connectivity index (χ1v) is 7.72.